The Morgan fingerprint density at radius 3 is 2.57 bits per heavy atom. The SMILES string of the molecule is C[C@@H](N)c1cc(O)ccc1[N+](=O)[O-].Cl. The first-order valence-corrected chi connectivity index (χ1v) is 3.75. The molecule has 0 aliphatic rings. The molecule has 1 rings (SSSR count). The number of nitrogens with two attached hydrogens (primary N) is 1. The molecular formula is C8H11ClN2O3. The smallest absolute Gasteiger partial charge is 0.274 e. The lowest BCUT2D eigenvalue weighted by Crippen LogP contribution is -2.07. The van der Waals surface area contributed by atoms with Crippen LogP contribution in [0.3, 0.4) is 0 Å². The van der Waals surface area contributed by atoms with Crippen molar-refractivity contribution in [1.82, 2.24) is 0 Å². The maximum absolute atomic E-state index is 10.5. The van der Waals surface area contributed by atoms with E-state index in [1.54, 1.807) is 6.92 Å². The second kappa shape index (κ2) is 4.78. The summed E-state index contributed by atoms with van der Waals surface area (Å²) in [7, 11) is 0. The third kappa shape index (κ3) is 2.58. The maximum Gasteiger partial charge on any atom is 0.274 e. The lowest BCUT2D eigenvalue weighted by Gasteiger charge is -2.06. The minimum absolute atomic E-state index is 0. The summed E-state index contributed by atoms with van der Waals surface area (Å²) < 4.78 is 0. The van der Waals surface area contributed by atoms with Gasteiger partial charge in [0.05, 0.1) is 4.92 Å². The number of phenols is 1. The number of rotatable bonds is 2. The zero-order chi connectivity index (χ0) is 10.0. The molecule has 1 aromatic rings. The number of benzene rings is 1. The molecule has 0 unspecified atom stereocenters. The van der Waals surface area contributed by atoms with Crippen LogP contribution in [-0.2, 0) is 0 Å². The van der Waals surface area contributed by atoms with Gasteiger partial charge in [0.25, 0.3) is 5.69 Å². The van der Waals surface area contributed by atoms with Crippen molar-refractivity contribution in [3.05, 3.63) is 33.9 Å². The molecule has 1 aromatic carbocycles. The van der Waals surface area contributed by atoms with Crippen molar-refractivity contribution in [1.29, 1.82) is 0 Å². The second-order valence-corrected chi connectivity index (χ2v) is 2.79. The van der Waals surface area contributed by atoms with Gasteiger partial charge in [-0.1, -0.05) is 0 Å². The topological polar surface area (TPSA) is 89.4 Å². The minimum Gasteiger partial charge on any atom is -0.508 e. The largest absolute Gasteiger partial charge is 0.508 e. The lowest BCUT2D eigenvalue weighted by molar-refractivity contribution is -0.385. The average molecular weight is 219 g/mol. The molecule has 0 aliphatic carbocycles. The van der Waals surface area contributed by atoms with E-state index in [4.69, 9.17) is 10.8 Å². The second-order valence-electron chi connectivity index (χ2n) is 2.79. The highest BCUT2D eigenvalue weighted by molar-refractivity contribution is 5.85. The predicted molar refractivity (Wildman–Crippen MR) is 54.6 cm³/mol. The van der Waals surface area contributed by atoms with E-state index in [0.29, 0.717) is 5.56 Å². The minimum atomic E-state index is -0.516. The van der Waals surface area contributed by atoms with Crippen LogP contribution in [0.2, 0.25) is 0 Å². The van der Waals surface area contributed by atoms with Crippen LogP contribution in [0.25, 0.3) is 0 Å². The van der Waals surface area contributed by atoms with Crippen molar-refractivity contribution in [2.24, 2.45) is 5.73 Å². The fourth-order valence-corrected chi connectivity index (χ4v) is 1.07. The Labute approximate surface area is 87.1 Å². The molecule has 1 atom stereocenters. The zero-order valence-corrected chi connectivity index (χ0v) is 8.32. The van der Waals surface area contributed by atoms with Crippen molar-refractivity contribution in [2.75, 3.05) is 0 Å². The van der Waals surface area contributed by atoms with Crippen LogP contribution in [0.15, 0.2) is 18.2 Å². The number of nitro groups is 1. The molecule has 0 aliphatic heterocycles. The number of halogens is 1. The van der Waals surface area contributed by atoms with Gasteiger partial charge < -0.3 is 10.8 Å². The highest BCUT2D eigenvalue weighted by Gasteiger charge is 2.16. The van der Waals surface area contributed by atoms with Crippen molar-refractivity contribution in [3.8, 4) is 5.75 Å². The molecule has 3 N–H and O–H groups in total. The summed E-state index contributed by atoms with van der Waals surface area (Å²) in [4.78, 5) is 9.99. The normalized spacial score (nSPS) is 11.6. The molecule has 14 heavy (non-hydrogen) atoms. The number of hydrogen-bond donors (Lipinski definition) is 2. The Kier molecular flexibility index (Phi) is 4.33. The highest BCUT2D eigenvalue weighted by atomic mass is 35.5. The van der Waals surface area contributed by atoms with Crippen LogP contribution in [0.4, 0.5) is 5.69 Å². The molecule has 0 fully saturated rings. The summed E-state index contributed by atoms with van der Waals surface area (Å²) in [6, 6.07) is 3.36. The van der Waals surface area contributed by atoms with Gasteiger partial charge >= 0.3 is 0 Å². The van der Waals surface area contributed by atoms with Crippen LogP contribution in [0.1, 0.15) is 18.5 Å². The highest BCUT2D eigenvalue weighted by Crippen LogP contribution is 2.27. The Bertz CT molecular complexity index is 341. The molecule has 5 nitrogen and oxygen atoms in total. The van der Waals surface area contributed by atoms with E-state index < -0.39 is 11.0 Å². The number of phenolic OH excluding ortho intramolecular Hbond substituents is 1. The van der Waals surface area contributed by atoms with Gasteiger partial charge in [0.1, 0.15) is 5.75 Å². The van der Waals surface area contributed by atoms with Crippen LogP contribution in [0.5, 0.6) is 5.75 Å². The van der Waals surface area contributed by atoms with Crippen molar-refractivity contribution in [3.63, 3.8) is 0 Å². The van der Waals surface area contributed by atoms with Crippen LogP contribution < -0.4 is 5.73 Å². The quantitative estimate of drug-likeness (QED) is 0.585. The predicted octanol–water partition coefficient (Wildman–Crippen LogP) is 1.74. The van der Waals surface area contributed by atoms with Crippen LogP contribution in [-0.4, -0.2) is 10.0 Å². The summed E-state index contributed by atoms with van der Waals surface area (Å²) in [6.45, 7) is 1.63. The maximum atomic E-state index is 10.5. The molecule has 0 spiro atoms. The Balaban J connectivity index is 0.00000169. The Morgan fingerprint density at radius 1 is 1.57 bits per heavy atom. The summed E-state index contributed by atoms with van der Waals surface area (Å²) in [5.41, 5.74) is 5.78. The number of hydrogen-bond acceptors (Lipinski definition) is 4. The Hall–Kier alpha value is -1.33. The van der Waals surface area contributed by atoms with Gasteiger partial charge in [0, 0.05) is 17.7 Å². The summed E-state index contributed by atoms with van der Waals surface area (Å²) in [5, 5.41) is 19.6. The summed E-state index contributed by atoms with van der Waals surface area (Å²) in [6.07, 6.45) is 0. The fraction of sp³-hybridized carbons (Fsp3) is 0.250. The van der Waals surface area contributed by atoms with E-state index in [-0.39, 0.29) is 23.8 Å². The fourth-order valence-electron chi connectivity index (χ4n) is 1.07. The Morgan fingerprint density at radius 2 is 2.14 bits per heavy atom. The molecule has 0 bridgehead atoms. The first kappa shape index (κ1) is 12.7. The van der Waals surface area contributed by atoms with Gasteiger partial charge in [0.2, 0.25) is 0 Å². The molecule has 0 saturated carbocycles. The van der Waals surface area contributed by atoms with Gasteiger partial charge in [-0.15, -0.1) is 12.4 Å². The van der Waals surface area contributed by atoms with Crippen LogP contribution in [0, 0.1) is 10.1 Å². The van der Waals surface area contributed by atoms with Crippen LogP contribution >= 0.6 is 12.4 Å². The van der Waals surface area contributed by atoms with Gasteiger partial charge in [-0.3, -0.25) is 10.1 Å². The number of nitrogens with zero attached hydrogens (tertiary/aromatic N) is 1. The van der Waals surface area contributed by atoms with Gasteiger partial charge in [-0.05, 0) is 19.1 Å². The molecule has 6 heteroatoms. The molecular weight excluding hydrogens is 208 g/mol. The monoisotopic (exact) mass is 218 g/mol. The van der Waals surface area contributed by atoms with E-state index >= 15 is 0 Å². The van der Waals surface area contributed by atoms with E-state index in [2.05, 4.69) is 0 Å². The van der Waals surface area contributed by atoms with Gasteiger partial charge in [-0.25, -0.2) is 0 Å². The summed E-state index contributed by atoms with van der Waals surface area (Å²) in [5.74, 6) is -0.0158. The third-order valence-electron chi connectivity index (χ3n) is 1.70. The molecule has 78 valence electrons. The first-order valence-electron chi connectivity index (χ1n) is 3.75. The number of aromatic hydroxyl groups is 1. The van der Waals surface area contributed by atoms with Gasteiger partial charge in [-0.2, -0.15) is 0 Å². The standard InChI is InChI=1S/C8H10N2O3.ClH/c1-5(9)7-4-6(11)2-3-8(7)10(12)13;/h2-5,11H,9H2,1H3;1H/t5-;/m1./s1. The molecule has 0 aromatic heterocycles. The van der Waals surface area contributed by atoms with E-state index in [0.717, 1.165) is 0 Å². The van der Waals surface area contributed by atoms with Crippen molar-refractivity contribution in [2.45, 2.75) is 13.0 Å². The zero-order valence-electron chi connectivity index (χ0n) is 7.51. The van der Waals surface area contributed by atoms with Gasteiger partial charge in [0.15, 0.2) is 0 Å². The molecule has 0 amide bonds. The van der Waals surface area contributed by atoms with E-state index in [9.17, 15) is 10.1 Å². The molecule has 0 radical (unpaired) electrons. The lowest BCUT2D eigenvalue weighted by atomic mass is 10.1. The van der Waals surface area contributed by atoms with Crippen molar-refractivity contribution >= 4 is 18.1 Å². The van der Waals surface area contributed by atoms with E-state index in [1.807, 2.05) is 0 Å². The summed E-state index contributed by atoms with van der Waals surface area (Å²) >= 11 is 0. The molecule has 0 saturated heterocycles. The molecule has 0 heterocycles. The number of nitro benzene ring substituents is 1. The van der Waals surface area contributed by atoms with Crippen molar-refractivity contribution < 1.29 is 10.0 Å². The third-order valence-corrected chi connectivity index (χ3v) is 1.70. The van der Waals surface area contributed by atoms with E-state index in [1.165, 1.54) is 18.2 Å². The first-order chi connectivity index (χ1) is 6.02. The average Bonchev–Trinajstić information content (AvgIpc) is 2.03.